The predicted molar refractivity (Wildman–Crippen MR) is 105 cm³/mol. The van der Waals surface area contributed by atoms with Gasteiger partial charge in [-0.05, 0) is 42.2 Å². The van der Waals surface area contributed by atoms with Crippen LogP contribution < -0.4 is 0 Å². The smallest absolute Gasteiger partial charge is 0.316 e. The lowest BCUT2D eigenvalue weighted by Gasteiger charge is -2.09. The molecule has 0 aliphatic heterocycles. The molecule has 5 nitrogen and oxygen atoms in total. The molecule has 0 atom stereocenters. The highest BCUT2D eigenvalue weighted by Gasteiger charge is 2.15. The summed E-state index contributed by atoms with van der Waals surface area (Å²) in [6.07, 6.45) is 1.61. The van der Waals surface area contributed by atoms with E-state index in [0.29, 0.717) is 16.4 Å². The Labute approximate surface area is 162 Å². The number of esters is 1. The second kappa shape index (κ2) is 8.86. The standard InChI is InChI=1S/C21H21NO4S/c1-3-14-9-10-15(4-2)16(11-14)18(23)12-25-20(24)13-27-21-22-17-7-5-6-8-19(17)26-21/h5-11H,3-4,12-13H2,1-2H3. The molecular formula is C21H21NO4S. The number of benzene rings is 2. The molecule has 0 unspecified atom stereocenters. The number of carbonyl (C=O) groups excluding carboxylic acids is 2. The molecule has 0 N–H and O–H groups in total. The molecule has 140 valence electrons. The third-order valence-corrected chi connectivity index (χ3v) is 5.02. The summed E-state index contributed by atoms with van der Waals surface area (Å²) >= 11 is 1.15. The van der Waals surface area contributed by atoms with E-state index in [0.717, 1.165) is 41.2 Å². The van der Waals surface area contributed by atoms with E-state index in [9.17, 15) is 9.59 Å². The summed E-state index contributed by atoms with van der Waals surface area (Å²) in [5, 5.41) is 0.406. The first kappa shape index (κ1) is 19.2. The zero-order valence-electron chi connectivity index (χ0n) is 15.4. The van der Waals surface area contributed by atoms with Gasteiger partial charge in [-0.3, -0.25) is 9.59 Å². The van der Waals surface area contributed by atoms with Crippen molar-refractivity contribution in [2.45, 2.75) is 31.9 Å². The highest BCUT2D eigenvalue weighted by molar-refractivity contribution is 7.99. The summed E-state index contributed by atoms with van der Waals surface area (Å²) in [6.45, 7) is 3.78. The number of carbonyl (C=O) groups is 2. The van der Waals surface area contributed by atoms with E-state index in [-0.39, 0.29) is 18.1 Å². The van der Waals surface area contributed by atoms with Crippen LogP contribution in [0.2, 0.25) is 0 Å². The number of aromatic nitrogens is 1. The number of aryl methyl sites for hydroxylation is 2. The quantitative estimate of drug-likeness (QED) is 0.325. The van der Waals surface area contributed by atoms with Gasteiger partial charge in [-0.25, -0.2) is 4.98 Å². The Morgan fingerprint density at radius 1 is 1.11 bits per heavy atom. The molecule has 27 heavy (non-hydrogen) atoms. The van der Waals surface area contributed by atoms with Crippen LogP contribution in [0.1, 0.15) is 35.3 Å². The number of rotatable bonds is 8. The Morgan fingerprint density at radius 2 is 1.93 bits per heavy atom. The first-order valence-corrected chi connectivity index (χ1v) is 9.88. The summed E-state index contributed by atoms with van der Waals surface area (Å²) in [4.78, 5) is 28.7. The molecule has 0 amide bonds. The Hall–Kier alpha value is -2.60. The van der Waals surface area contributed by atoms with Crippen molar-refractivity contribution in [1.29, 1.82) is 0 Å². The van der Waals surface area contributed by atoms with Crippen molar-refractivity contribution in [3.63, 3.8) is 0 Å². The molecule has 3 aromatic rings. The van der Waals surface area contributed by atoms with Gasteiger partial charge in [0.1, 0.15) is 11.3 Å². The molecule has 6 heteroatoms. The molecule has 0 bridgehead atoms. The molecule has 0 aliphatic carbocycles. The first-order valence-electron chi connectivity index (χ1n) is 8.89. The number of nitrogens with zero attached hydrogens (tertiary/aromatic N) is 1. The van der Waals surface area contributed by atoms with Gasteiger partial charge in [0, 0.05) is 5.56 Å². The molecule has 0 saturated heterocycles. The molecule has 1 heterocycles. The third kappa shape index (κ3) is 4.77. The lowest BCUT2D eigenvalue weighted by Crippen LogP contribution is -2.17. The van der Waals surface area contributed by atoms with E-state index >= 15 is 0 Å². The maximum Gasteiger partial charge on any atom is 0.316 e. The lowest BCUT2D eigenvalue weighted by molar-refractivity contribution is -0.139. The SMILES string of the molecule is CCc1ccc(CC)c(C(=O)COC(=O)CSc2nc3ccccc3o2)c1. The average Bonchev–Trinajstić information content (AvgIpc) is 3.13. The topological polar surface area (TPSA) is 69.4 Å². The Balaban J connectivity index is 1.55. The number of para-hydroxylation sites is 2. The second-order valence-corrected chi connectivity index (χ2v) is 6.95. The van der Waals surface area contributed by atoms with Gasteiger partial charge < -0.3 is 9.15 Å². The Kier molecular flexibility index (Phi) is 6.29. The van der Waals surface area contributed by atoms with Crippen molar-refractivity contribution in [2.24, 2.45) is 0 Å². The third-order valence-electron chi connectivity index (χ3n) is 4.22. The van der Waals surface area contributed by atoms with Gasteiger partial charge in [0.25, 0.3) is 5.22 Å². The van der Waals surface area contributed by atoms with Crippen LogP contribution in [0.4, 0.5) is 0 Å². The van der Waals surface area contributed by atoms with E-state index < -0.39 is 5.97 Å². The zero-order valence-corrected chi connectivity index (χ0v) is 16.2. The van der Waals surface area contributed by atoms with E-state index in [1.807, 2.05) is 56.3 Å². The molecule has 0 radical (unpaired) electrons. The normalized spacial score (nSPS) is 10.9. The van der Waals surface area contributed by atoms with Gasteiger partial charge >= 0.3 is 5.97 Å². The monoisotopic (exact) mass is 383 g/mol. The van der Waals surface area contributed by atoms with Crippen LogP contribution in [0.15, 0.2) is 52.1 Å². The predicted octanol–water partition coefficient (Wildman–Crippen LogP) is 4.47. The van der Waals surface area contributed by atoms with Gasteiger partial charge in [-0.15, -0.1) is 0 Å². The Bertz CT molecular complexity index is 931. The summed E-state index contributed by atoms with van der Waals surface area (Å²) in [7, 11) is 0. The fraction of sp³-hybridized carbons (Fsp3) is 0.286. The van der Waals surface area contributed by atoms with Gasteiger partial charge in [0.15, 0.2) is 12.2 Å². The minimum atomic E-state index is -0.472. The number of hydrogen-bond donors (Lipinski definition) is 0. The fourth-order valence-electron chi connectivity index (χ4n) is 2.71. The highest BCUT2D eigenvalue weighted by atomic mass is 32.2. The maximum absolute atomic E-state index is 12.5. The maximum atomic E-state index is 12.5. The molecule has 3 rings (SSSR count). The van der Waals surface area contributed by atoms with Crippen LogP contribution in [0, 0.1) is 0 Å². The summed E-state index contributed by atoms with van der Waals surface area (Å²) in [6, 6.07) is 13.3. The van der Waals surface area contributed by atoms with Crippen LogP contribution in [-0.2, 0) is 22.4 Å². The van der Waals surface area contributed by atoms with E-state index in [1.54, 1.807) is 0 Å². The molecule has 0 aliphatic rings. The number of ether oxygens (including phenoxy) is 1. The number of fused-ring (bicyclic) bond motifs is 1. The van der Waals surface area contributed by atoms with Crippen molar-refractivity contribution in [1.82, 2.24) is 4.98 Å². The highest BCUT2D eigenvalue weighted by Crippen LogP contribution is 2.23. The second-order valence-electron chi connectivity index (χ2n) is 6.02. The Morgan fingerprint density at radius 3 is 2.67 bits per heavy atom. The van der Waals surface area contributed by atoms with Gasteiger partial charge in [0.2, 0.25) is 5.78 Å². The summed E-state index contributed by atoms with van der Waals surface area (Å²) < 4.78 is 10.7. The number of Topliss-reactive ketones (excluding diaryl/α,β-unsaturated/α-hetero) is 1. The average molecular weight is 383 g/mol. The molecule has 2 aromatic carbocycles. The van der Waals surface area contributed by atoms with Gasteiger partial charge in [0.05, 0.1) is 0 Å². The van der Waals surface area contributed by atoms with Crippen LogP contribution >= 0.6 is 11.8 Å². The molecule has 0 fully saturated rings. The van der Waals surface area contributed by atoms with Crippen molar-refractivity contribution in [3.05, 3.63) is 59.2 Å². The molecule has 1 aromatic heterocycles. The number of ketones is 1. The van der Waals surface area contributed by atoms with Crippen LogP contribution in [0.5, 0.6) is 0 Å². The van der Waals surface area contributed by atoms with E-state index in [1.165, 1.54) is 0 Å². The van der Waals surface area contributed by atoms with Gasteiger partial charge in [-0.1, -0.05) is 49.9 Å². The summed E-state index contributed by atoms with van der Waals surface area (Å²) in [5.74, 6) is -0.613. The fourth-order valence-corrected chi connectivity index (χ4v) is 3.35. The minimum Gasteiger partial charge on any atom is -0.457 e. The largest absolute Gasteiger partial charge is 0.457 e. The zero-order chi connectivity index (χ0) is 19.2. The van der Waals surface area contributed by atoms with Crippen molar-refractivity contribution >= 4 is 34.6 Å². The van der Waals surface area contributed by atoms with Crippen LogP contribution in [0.25, 0.3) is 11.1 Å². The summed E-state index contributed by atoms with van der Waals surface area (Å²) in [5.41, 5.74) is 4.11. The lowest BCUT2D eigenvalue weighted by atomic mass is 9.98. The van der Waals surface area contributed by atoms with E-state index in [2.05, 4.69) is 4.98 Å². The minimum absolute atomic E-state index is 0.0374. The van der Waals surface area contributed by atoms with E-state index in [4.69, 9.17) is 9.15 Å². The number of oxazole rings is 1. The van der Waals surface area contributed by atoms with Crippen LogP contribution in [0.3, 0.4) is 0 Å². The van der Waals surface area contributed by atoms with Crippen molar-refractivity contribution < 1.29 is 18.7 Å². The number of thioether (sulfide) groups is 1. The molecule has 0 spiro atoms. The molecule has 0 saturated carbocycles. The number of hydrogen-bond acceptors (Lipinski definition) is 6. The van der Waals surface area contributed by atoms with Crippen molar-refractivity contribution in [2.75, 3.05) is 12.4 Å². The van der Waals surface area contributed by atoms with Gasteiger partial charge in [-0.2, -0.15) is 0 Å². The van der Waals surface area contributed by atoms with Crippen molar-refractivity contribution in [3.8, 4) is 0 Å². The first-order chi connectivity index (χ1) is 13.1. The van der Waals surface area contributed by atoms with Crippen LogP contribution in [-0.4, -0.2) is 29.1 Å². The molecular weight excluding hydrogens is 362 g/mol.